The van der Waals surface area contributed by atoms with Crippen LogP contribution in [-0.4, -0.2) is 22.0 Å². The van der Waals surface area contributed by atoms with Crippen molar-refractivity contribution < 1.29 is 14.8 Å². The molecule has 6 heteroatoms. The molecule has 0 saturated carbocycles. The van der Waals surface area contributed by atoms with Gasteiger partial charge in [0.25, 0.3) is 5.69 Å². The van der Waals surface area contributed by atoms with E-state index in [9.17, 15) is 14.9 Å². The van der Waals surface area contributed by atoms with Crippen LogP contribution in [0, 0.1) is 16.0 Å². The summed E-state index contributed by atoms with van der Waals surface area (Å²) in [7, 11) is 0. The third kappa shape index (κ3) is 5.41. The van der Waals surface area contributed by atoms with Gasteiger partial charge < -0.3 is 10.4 Å². The molecule has 1 aromatic carbocycles. The van der Waals surface area contributed by atoms with Crippen LogP contribution in [0.5, 0.6) is 0 Å². The highest BCUT2D eigenvalue weighted by Gasteiger charge is 2.17. The number of carboxylic acids is 1. The summed E-state index contributed by atoms with van der Waals surface area (Å²) in [6.07, 6.45) is 3.01. The number of hydrogen-bond acceptors (Lipinski definition) is 4. The second-order valence-electron chi connectivity index (χ2n) is 5.66. The van der Waals surface area contributed by atoms with E-state index in [0.717, 1.165) is 19.3 Å². The molecular formula is C15H22N2O4. The minimum Gasteiger partial charge on any atom is -0.478 e. The number of rotatable bonds is 8. The zero-order valence-electron chi connectivity index (χ0n) is 12.6. The van der Waals surface area contributed by atoms with Gasteiger partial charge in [-0.05, 0) is 31.4 Å². The van der Waals surface area contributed by atoms with Crippen LogP contribution in [0.25, 0.3) is 0 Å². The number of nitro groups is 1. The number of carbonyl (C=O) groups is 1. The normalized spacial score (nSPS) is 12.2. The fourth-order valence-electron chi connectivity index (χ4n) is 2.11. The van der Waals surface area contributed by atoms with Crippen LogP contribution in [-0.2, 0) is 0 Å². The maximum atomic E-state index is 11.0. The number of anilines is 1. The van der Waals surface area contributed by atoms with Gasteiger partial charge in [-0.1, -0.05) is 26.7 Å². The number of aromatic carboxylic acids is 1. The van der Waals surface area contributed by atoms with E-state index in [1.807, 2.05) is 6.92 Å². The van der Waals surface area contributed by atoms with Gasteiger partial charge in [-0.3, -0.25) is 10.1 Å². The van der Waals surface area contributed by atoms with Gasteiger partial charge in [0.15, 0.2) is 0 Å². The minimum absolute atomic E-state index is 0.0393. The average Bonchev–Trinajstić information content (AvgIpc) is 2.37. The van der Waals surface area contributed by atoms with Crippen LogP contribution < -0.4 is 5.32 Å². The van der Waals surface area contributed by atoms with Crippen LogP contribution in [0.15, 0.2) is 18.2 Å². The van der Waals surface area contributed by atoms with Gasteiger partial charge in [0.1, 0.15) is 5.69 Å². The average molecular weight is 294 g/mol. The lowest BCUT2D eigenvalue weighted by molar-refractivity contribution is -0.384. The Balaban J connectivity index is 2.81. The van der Waals surface area contributed by atoms with E-state index in [4.69, 9.17) is 5.11 Å². The number of hydrogen-bond donors (Lipinski definition) is 2. The molecule has 1 atom stereocenters. The van der Waals surface area contributed by atoms with Crippen LogP contribution in [0.1, 0.15) is 50.4 Å². The van der Waals surface area contributed by atoms with Crippen molar-refractivity contribution in [1.82, 2.24) is 0 Å². The van der Waals surface area contributed by atoms with Crippen molar-refractivity contribution in [2.24, 2.45) is 5.92 Å². The summed E-state index contributed by atoms with van der Waals surface area (Å²) < 4.78 is 0. The molecule has 0 amide bonds. The van der Waals surface area contributed by atoms with Crippen molar-refractivity contribution in [3.05, 3.63) is 33.9 Å². The first-order chi connectivity index (χ1) is 9.81. The molecule has 21 heavy (non-hydrogen) atoms. The fourth-order valence-corrected chi connectivity index (χ4v) is 2.11. The van der Waals surface area contributed by atoms with Crippen molar-refractivity contribution in [3.63, 3.8) is 0 Å². The van der Waals surface area contributed by atoms with Gasteiger partial charge in [0.05, 0.1) is 10.5 Å². The number of nitrogens with zero attached hydrogens (tertiary/aromatic N) is 1. The van der Waals surface area contributed by atoms with E-state index in [2.05, 4.69) is 19.2 Å². The van der Waals surface area contributed by atoms with E-state index in [1.165, 1.54) is 18.2 Å². The smallest absolute Gasteiger partial charge is 0.335 e. The Morgan fingerprint density at radius 1 is 1.33 bits per heavy atom. The molecule has 0 fully saturated rings. The molecule has 0 heterocycles. The van der Waals surface area contributed by atoms with Gasteiger partial charge in [0.2, 0.25) is 0 Å². The summed E-state index contributed by atoms with van der Waals surface area (Å²) in [5, 5.41) is 23.0. The zero-order chi connectivity index (χ0) is 16.0. The van der Waals surface area contributed by atoms with E-state index in [-0.39, 0.29) is 23.0 Å². The lowest BCUT2D eigenvalue weighted by Crippen LogP contribution is -2.16. The Kier molecular flexibility index (Phi) is 6.14. The molecule has 0 bridgehead atoms. The highest BCUT2D eigenvalue weighted by molar-refractivity contribution is 5.90. The number of nitro benzene ring substituents is 1. The molecule has 2 N–H and O–H groups in total. The van der Waals surface area contributed by atoms with E-state index in [0.29, 0.717) is 5.92 Å². The van der Waals surface area contributed by atoms with Crippen molar-refractivity contribution in [3.8, 4) is 0 Å². The van der Waals surface area contributed by atoms with Gasteiger partial charge in [-0.2, -0.15) is 0 Å². The van der Waals surface area contributed by atoms with Crippen molar-refractivity contribution in [2.75, 3.05) is 5.32 Å². The number of benzene rings is 1. The third-order valence-corrected chi connectivity index (χ3v) is 3.26. The Hall–Kier alpha value is -2.11. The SMILES string of the molecule is CC(C)CCCC(C)Nc1cc(C(=O)O)ccc1[N+](=O)[O-]. The van der Waals surface area contributed by atoms with Gasteiger partial charge in [0, 0.05) is 12.1 Å². The van der Waals surface area contributed by atoms with Gasteiger partial charge in [-0.25, -0.2) is 4.79 Å². The molecule has 1 aromatic rings. The molecule has 0 aliphatic carbocycles. The predicted octanol–water partition coefficient (Wildman–Crippen LogP) is 3.92. The maximum absolute atomic E-state index is 11.0. The molecule has 6 nitrogen and oxygen atoms in total. The maximum Gasteiger partial charge on any atom is 0.335 e. The van der Waals surface area contributed by atoms with E-state index in [1.54, 1.807) is 0 Å². The molecule has 0 saturated heterocycles. The van der Waals surface area contributed by atoms with Crippen molar-refractivity contribution in [1.29, 1.82) is 0 Å². The summed E-state index contributed by atoms with van der Waals surface area (Å²) in [6, 6.07) is 3.84. The quantitative estimate of drug-likeness (QED) is 0.560. The van der Waals surface area contributed by atoms with E-state index < -0.39 is 10.9 Å². The van der Waals surface area contributed by atoms with Gasteiger partial charge in [-0.15, -0.1) is 0 Å². The summed E-state index contributed by atoms with van der Waals surface area (Å²) in [5.74, 6) is -0.470. The molecule has 0 radical (unpaired) electrons. The second-order valence-corrected chi connectivity index (χ2v) is 5.66. The number of carboxylic acid groups (broad SMARTS) is 1. The van der Waals surface area contributed by atoms with E-state index >= 15 is 0 Å². The lowest BCUT2D eigenvalue weighted by atomic mass is 10.0. The highest BCUT2D eigenvalue weighted by Crippen LogP contribution is 2.27. The van der Waals surface area contributed by atoms with Crippen LogP contribution >= 0.6 is 0 Å². The second kappa shape index (κ2) is 7.61. The predicted molar refractivity (Wildman–Crippen MR) is 81.8 cm³/mol. The standard InChI is InChI=1S/C15H22N2O4/c1-10(2)5-4-6-11(3)16-13-9-12(15(18)19)7-8-14(13)17(20)21/h7-11,16H,4-6H2,1-3H3,(H,18,19). The first kappa shape index (κ1) is 16.9. The largest absolute Gasteiger partial charge is 0.478 e. The van der Waals surface area contributed by atoms with Crippen LogP contribution in [0.2, 0.25) is 0 Å². The summed E-state index contributed by atoms with van der Waals surface area (Å²) in [6.45, 7) is 6.25. The fraction of sp³-hybridized carbons (Fsp3) is 0.533. The Labute approximate surface area is 124 Å². The Morgan fingerprint density at radius 2 is 2.00 bits per heavy atom. The van der Waals surface area contributed by atoms with Crippen LogP contribution in [0.3, 0.4) is 0 Å². The summed E-state index contributed by atoms with van der Waals surface area (Å²) in [4.78, 5) is 21.5. The topological polar surface area (TPSA) is 92.5 Å². The molecule has 116 valence electrons. The van der Waals surface area contributed by atoms with Crippen molar-refractivity contribution in [2.45, 2.75) is 46.1 Å². The van der Waals surface area contributed by atoms with Gasteiger partial charge >= 0.3 is 5.97 Å². The number of nitrogens with one attached hydrogen (secondary N) is 1. The monoisotopic (exact) mass is 294 g/mol. The third-order valence-electron chi connectivity index (χ3n) is 3.26. The first-order valence-electron chi connectivity index (χ1n) is 7.09. The molecule has 0 spiro atoms. The van der Waals surface area contributed by atoms with Crippen molar-refractivity contribution >= 4 is 17.3 Å². The molecule has 0 aromatic heterocycles. The molecule has 0 aliphatic heterocycles. The van der Waals surface area contributed by atoms with Crippen LogP contribution in [0.4, 0.5) is 11.4 Å². The zero-order valence-corrected chi connectivity index (χ0v) is 12.6. The first-order valence-corrected chi connectivity index (χ1v) is 7.09. The highest BCUT2D eigenvalue weighted by atomic mass is 16.6. The molecule has 1 rings (SSSR count). The molecule has 1 unspecified atom stereocenters. The summed E-state index contributed by atoms with van der Waals surface area (Å²) >= 11 is 0. The lowest BCUT2D eigenvalue weighted by Gasteiger charge is -2.16. The Morgan fingerprint density at radius 3 is 2.52 bits per heavy atom. The summed E-state index contributed by atoms with van der Waals surface area (Å²) in [5.41, 5.74) is 0.199. The molecule has 0 aliphatic rings. The minimum atomic E-state index is -1.10. The Bertz CT molecular complexity index is 514. The molecular weight excluding hydrogens is 272 g/mol.